The van der Waals surface area contributed by atoms with Gasteiger partial charge < -0.3 is 9.84 Å². The van der Waals surface area contributed by atoms with Crippen molar-refractivity contribution in [1.82, 2.24) is 4.98 Å². The number of hydrogen-bond acceptors (Lipinski definition) is 4. The zero-order chi connectivity index (χ0) is 11.8. The number of rotatable bonds is 1. The quantitative estimate of drug-likeness (QED) is 0.877. The van der Waals surface area contributed by atoms with Crippen molar-refractivity contribution in [3.05, 3.63) is 44.8 Å². The van der Waals surface area contributed by atoms with E-state index in [1.807, 2.05) is 18.2 Å². The molecule has 0 spiro atoms. The lowest BCUT2D eigenvalue weighted by molar-refractivity contribution is 0.0673. The Morgan fingerprint density at radius 1 is 1.47 bits per heavy atom. The predicted octanol–water partition coefficient (Wildman–Crippen LogP) is 3.46. The summed E-state index contributed by atoms with van der Waals surface area (Å²) in [5.74, 6) is 0.747. The standard InChI is InChI=1S/C12H10BrNO2S/c13-7-1-2-8-9(15)4-11(16-10(8)3-7)12-5-14-6-17-12/h1-3,5-6,9,11,15H,4H2. The fourth-order valence-corrected chi connectivity index (χ4v) is 2.98. The highest BCUT2D eigenvalue weighted by Gasteiger charge is 2.28. The zero-order valence-corrected chi connectivity index (χ0v) is 11.2. The van der Waals surface area contributed by atoms with Crippen molar-refractivity contribution < 1.29 is 9.84 Å². The maximum Gasteiger partial charge on any atom is 0.137 e. The van der Waals surface area contributed by atoms with Crippen LogP contribution >= 0.6 is 27.3 Å². The normalized spacial score (nSPS) is 22.9. The fourth-order valence-electron chi connectivity index (χ4n) is 1.98. The van der Waals surface area contributed by atoms with E-state index < -0.39 is 6.10 Å². The van der Waals surface area contributed by atoms with Gasteiger partial charge in [0.1, 0.15) is 11.9 Å². The monoisotopic (exact) mass is 311 g/mol. The summed E-state index contributed by atoms with van der Waals surface area (Å²) < 4.78 is 6.86. The van der Waals surface area contributed by atoms with Gasteiger partial charge in [0, 0.05) is 22.7 Å². The molecule has 2 heterocycles. The van der Waals surface area contributed by atoms with Gasteiger partial charge in [-0.3, -0.25) is 4.98 Å². The lowest BCUT2D eigenvalue weighted by atomic mass is 9.99. The highest BCUT2D eigenvalue weighted by Crippen LogP contribution is 2.42. The molecule has 0 saturated carbocycles. The molecule has 1 aliphatic rings. The molecule has 3 nitrogen and oxygen atoms in total. The number of thiazole rings is 1. The summed E-state index contributed by atoms with van der Waals surface area (Å²) in [7, 11) is 0. The molecule has 1 N–H and O–H groups in total. The molecule has 0 radical (unpaired) electrons. The third-order valence-corrected chi connectivity index (χ3v) is 4.17. The summed E-state index contributed by atoms with van der Waals surface area (Å²) in [6.45, 7) is 0. The first-order valence-electron chi connectivity index (χ1n) is 5.26. The molecule has 0 bridgehead atoms. The molecule has 0 fully saturated rings. The van der Waals surface area contributed by atoms with Crippen LogP contribution in [0.2, 0.25) is 0 Å². The minimum atomic E-state index is -0.473. The Labute approximate surface area is 111 Å². The molecule has 0 saturated heterocycles. The molecule has 2 atom stereocenters. The van der Waals surface area contributed by atoms with Gasteiger partial charge in [-0.2, -0.15) is 0 Å². The largest absolute Gasteiger partial charge is 0.484 e. The second kappa shape index (κ2) is 4.40. The minimum Gasteiger partial charge on any atom is -0.484 e. The third kappa shape index (κ3) is 2.10. The number of aromatic nitrogens is 1. The van der Waals surface area contributed by atoms with Crippen LogP contribution in [0.5, 0.6) is 5.75 Å². The van der Waals surface area contributed by atoms with Gasteiger partial charge in [-0.05, 0) is 12.1 Å². The van der Waals surface area contributed by atoms with Gasteiger partial charge in [-0.15, -0.1) is 11.3 Å². The predicted molar refractivity (Wildman–Crippen MR) is 69.2 cm³/mol. The minimum absolute atomic E-state index is 0.0979. The van der Waals surface area contributed by atoms with Gasteiger partial charge >= 0.3 is 0 Å². The maximum atomic E-state index is 10.1. The Morgan fingerprint density at radius 2 is 2.35 bits per heavy atom. The molecule has 0 aliphatic carbocycles. The first-order chi connectivity index (χ1) is 8.24. The number of aliphatic hydroxyl groups is 1. The molecule has 17 heavy (non-hydrogen) atoms. The lowest BCUT2D eigenvalue weighted by Gasteiger charge is -2.28. The van der Waals surface area contributed by atoms with Crippen molar-refractivity contribution >= 4 is 27.3 Å². The molecule has 1 aliphatic heterocycles. The van der Waals surface area contributed by atoms with Crippen molar-refractivity contribution in [1.29, 1.82) is 0 Å². The number of fused-ring (bicyclic) bond motifs is 1. The van der Waals surface area contributed by atoms with E-state index in [0.717, 1.165) is 20.7 Å². The number of hydrogen-bond donors (Lipinski definition) is 1. The van der Waals surface area contributed by atoms with Crippen molar-refractivity contribution in [3.8, 4) is 5.75 Å². The average Bonchev–Trinajstić information content (AvgIpc) is 2.81. The summed E-state index contributed by atoms with van der Waals surface area (Å²) in [6, 6.07) is 5.71. The molecule has 2 aromatic rings. The third-order valence-electron chi connectivity index (χ3n) is 2.81. The molecule has 5 heteroatoms. The van der Waals surface area contributed by atoms with Gasteiger partial charge in [0.05, 0.1) is 16.5 Å². The molecule has 0 amide bonds. The molecule has 3 rings (SSSR count). The average molecular weight is 312 g/mol. The smallest absolute Gasteiger partial charge is 0.137 e. The van der Waals surface area contributed by atoms with Crippen molar-refractivity contribution in [3.63, 3.8) is 0 Å². The fraction of sp³-hybridized carbons (Fsp3) is 0.250. The topological polar surface area (TPSA) is 42.4 Å². The number of ether oxygens (including phenoxy) is 1. The Morgan fingerprint density at radius 3 is 3.12 bits per heavy atom. The zero-order valence-electron chi connectivity index (χ0n) is 8.84. The van der Waals surface area contributed by atoms with Crippen LogP contribution in [0, 0.1) is 0 Å². The summed E-state index contributed by atoms with van der Waals surface area (Å²) >= 11 is 4.96. The number of halogens is 1. The molecule has 1 aromatic heterocycles. The Hall–Kier alpha value is -0.910. The highest BCUT2D eigenvalue weighted by molar-refractivity contribution is 9.10. The second-order valence-corrected chi connectivity index (χ2v) is 5.78. The van der Waals surface area contributed by atoms with E-state index >= 15 is 0 Å². The SMILES string of the molecule is OC1CC(c2cncs2)Oc2cc(Br)ccc21. The first-order valence-corrected chi connectivity index (χ1v) is 6.94. The van der Waals surface area contributed by atoms with Gasteiger partial charge in [0.25, 0.3) is 0 Å². The Balaban J connectivity index is 1.97. The number of aliphatic hydroxyl groups excluding tert-OH is 1. The molecular formula is C12H10BrNO2S. The van der Waals surface area contributed by atoms with Crippen LogP contribution in [0.1, 0.15) is 29.1 Å². The Kier molecular flexibility index (Phi) is 2.90. The van der Waals surface area contributed by atoms with Crippen molar-refractivity contribution in [2.45, 2.75) is 18.6 Å². The summed E-state index contributed by atoms with van der Waals surface area (Å²) in [5.41, 5.74) is 2.63. The summed E-state index contributed by atoms with van der Waals surface area (Å²) in [5, 5.41) is 10.1. The second-order valence-electron chi connectivity index (χ2n) is 3.94. The van der Waals surface area contributed by atoms with Crippen LogP contribution in [0.3, 0.4) is 0 Å². The van der Waals surface area contributed by atoms with E-state index in [-0.39, 0.29) is 6.10 Å². The highest BCUT2D eigenvalue weighted by atomic mass is 79.9. The number of benzene rings is 1. The van der Waals surface area contributed by atoms with E-state index in [9.17, 15) is 5.11 Å². The van der Waals surface area contributed by atoms with E-state index in [4.69, 9.17) is 4.74 Å². The van der Waals surface area contributed by atoms with Crippen LogP contribution in [0.15, 0.2) is 34.4 Å². The molecule has 1 aromatic carbocycles. The molecular weight excluding hydrogens is 302 g/mol. The molecule has 88 valence electrons. The van der Waals surface area contributed by atoms with Crippen LogP contribution in [0.25, 0.3) is 0 Å². The van der Waals surface area contributed by atoms with Crippen molar-refractivity contribution in [2.24, 2.45) is 0 Å². The van der Waals surface area contributed by atoms with E-state index in [1.54, 1.807) is 23.0 Å². The van der Waals surface area contributed by atoms with Gasteiger partial charge in [0.15, 0.2) is 0 Å². The first kappa shape index (κ1) is 11.2. The van der Waals surface area contributed by atoms with Crippen LogP contribution in [-0.4, -0.2) is 10.1 Å². The van der Waals surface area contributed by atoms with E-state index in [2.05, 4.69) is 20.9 Å². The Bertz CT molecular complexity index is 529. The number of nitrogens with zero attached hydrogens (tertiary/aromatic N) is 1. The van der Waals surface area contributed by atoms with Gasteiger partial charge in [0.2, 0.25) is 0 Å². The van der Waals surface area contributed by atoms with Crippen LogP contribution in [-0.2, 0) is 0 Å². The summed E-state index contributed by atoms with van der Waals surface area (Å²) in [4.78, 5) is 5.09. The van der Waals surface area contributed by atoms with E-state index in [0.29, 0.717) is 6.42 Å². The van der Waals surface area contributed by atoms with Crippen LogP contribution < -0.4 is 4.74 Å². The van der Waals surface area contributed by atoms with E-state index in [1.165, 1.54) is 0 Å². The maximum absolute atomic E-state index is 10.1. The van der Waals surface area contributed by atoms with Gasteiger partial charge in [-0.1, -0.05) is 22.0 Å². The van der Waals surface area contributed by atoms with Gasteiger partial charge in [-0.25, -0.2) is 0 Å². The van der Waals surface area contributed by atoms with Crippen LogP contribution in [0.4, 0.5) is 0 Å². The summed E-state index contributed by atoms with van der Waals surface area (Å²) in [6.07, 6.45) is 1.81. The van der Waals surface area contributed by atoms with Crippen molar-refractivity contribution in [2.75, 3.05) is 0 Å². The lowest BCUT2D eigenvalue weighted by Crippen LogP contribution is -2.18. The molecule has 2 unspecified atom stereocenters.